The van der Waals surface area contributed by atoms with Crippen molar-refractivity contribution in [3.63, 3.8) is 0 Å². The molecule has 0 bridgehead atoms. The van der Waals surface area contributed by atoms with Crippen LogP contribution in [-0.2, 0) is 0 Å². The van der Waals surface area contributed by atoms with Gasteiger partial charge in [0.05, 0.1) is 23.4 Å². The van der Waals surface area contributed by atoms with Gasteiger partial charge in [-0.2, -0.15) is 0 Å². The first-order valence-corrected chi connectivity index (χ1v) is 8.41. The molecule has 2 N–H and O–H groups in total. The molecule has 0 aliphatic heterocycles. The van der Waals surface area contributed by atoms with Crippen molar-refractivity contribution < 1.29 is 4.74 Å². The minimum atomic E-state index is 0.0450. The number of benzene rings is 2. The van der Waals surface area contributed by atoms with Crippen molar-refractivity contribution >= 4 is 46.2 Å². The van der Waals surface area contributed by atoms with Crippen LogP contribution in [0.15, 0.2) is 42.5 Å². The highest BCUT2D eigenvalue weighted by Gasteiger charge is 2.09. The van der Waals surface area contributed by atoms with E-state index in [1.807, 2.05) is 38.1 Å². The Morgan fingerprint density at radius 2 is 1.87 bits per heavy atom. The fourth-order valence-corrected chi connectivity index (χ4v) is 2.67. The van der Waals surface area contributed by atoms with Gasteiger partial charge in [-0.3, -0.25) is 0 Å². The van der Waals surface area contributed by atoms with Gasteiger partial charge in [-0.15, -0.1) is 0 Å². The van der Waals surface area contributed by atoms with Gasteiger partial charge in [-0.05, 0) is 62.0 Å². The van der Waals surface area contributed by atoms with Crippen LogP contribution in [0.25, 0.3) is 0 Å². The summed E-state index contributed by atoms with van der Waals surface area (Å²) >= 11 is 17.4. The van der Waals surface area contributed by atoms with Crippen LogP contribution >= 0.6 is 35.4 Å². The van der Waals surface area contributed by atoms with E-state index in [2.05, 4.69) is 10.6 Å². The van der Waals surface area contributed by atoms with E-state index in [1.54, 1.807) is 18.2 Å². The number of hydrogen-bond acceptors (Lipinski definition) is 2. The number of anilines is 1. The molecule has 1 unspecified atom stereocenters. The van der Waals surface area contributed by atoms with Crippen LogP contribution in [0, 0.1) is 0 Å². The molecule has 2 rings (SSSR count). The fourth-order valence-electron chi connectivity index (χ4n) is 2.05. The van der Waals surface area contributed by atoms with Gasteiger partial charge in [-0.25, -0.2) is 0 Å². The summed E-state index contributed by atoms with van der Waals surface area (Å²) in [5.41, 5.74) is 1.78. The van der Waals surface area contributed by atoms with Gasteiger partial charge in [-0.1, -0.05) is 35.3 Å². The summed E-state index contributed by atoms with van der Waals surface area (Å²) in [7, 11) is 0. The quantitative estimate of drug-likeness (QED) is 0.688. The lowest BCUT2D eigenvalue weighted by atomic mass is 10.1. The van der Waals surface area contributed by atoms with Gasteiger partial charge in [0.1, 0.15) is 5.75 Å². The van der Waals surface area contributed by atoms with Crippen molar-refractivity contribution in [3.8, 4) is 5.75 Å². The summed E-state index contributed by atoms with van der Waals surface area (Å²) in [4.78, 5) is 0. The van der Waals surface area contributed by atoms with E-state index < -0.39 is 0 Å². The van der Waals surface area contributed by atoms with E-state index in [0.29, 0.717) is 27.5 Å². The van der Waals surface area contributed by atoms with Crippen LogP contribution in [0.1, 0.15) is 25.5 Å². The first kappa shape index (κ1) is 17.9. The lowest BCUT2D eigenvalue weighted by molar-refractivity contribution is 0.340. The SMILES string of the molecule is CCOc1ccc(C(C)NC(=S)Nc2cc(Cl)ccc2Cl)cc1. The largest absolute Gasteiger partial charge is 0.494 e. The molecule has 0 saturated heterocycles. The topological polar surface area (TPSA) is 33.3 Å². The maximum absolute atomic E-state index is 6.12. The first-order chi connectivity index (χ1) is 11.0. The summed E-state index contributed by atoms with van der Waals surface area (Å²) in [5.74, 6) is 0.856. The third-order valence-corrected chi connectivity index (χ3v) is 4.00. The number of nitrogens with one attached hydrogen (secondary N) is 2. The second-order valence-corrected chi connectivity index (χ2v) is 6.20. The van der Waals surface area contributed by atoms with Crippen LogP contribution in [-0.4, -0.2) is 11.7 Å². The summed E-state index contributed by atoms with van der Waals surface area (Å²) in [6, 6.07) is 13.2. The highest BCUT2D eigenvalue weighted by molar-refractivity contribution is 7.80. The number of thiocarbonyl (C=S) groups is 1. The van der Waals surface area contributed by atoms with Crippen LogP contribution in [0.5, 0.6) is 5.75 Å². The maximum Gasteiger partial charge on any atom is 0.171 e. The van der Waals surface area contributed by atoms with Crippen LogP contribution in [0.4, 0.5) is 5.69 Å². The molecule has 0 heterocycles. The molecule has 0 amide bonds. The van der Waals surface area contributed by atoms with E-state index >= 15 is 0 Å². The average molecular weight is 369 g/mol. The molecule has 122 valence electrons. The number of halogens is 2. The van der Waals surface area contributed by atoms with Crippen molar-refractivity contribution in [2.24, 2.45) is 0 Å². The molecule has 0 spiro atoms. The zero-order valence-corrected chi connectivity index (χ0v) is 15.2. The molecule has 0 fully saturated rings. The summed E-state index contributed by atoms with van der Waals surface area (Å²) in [6.45, 7) is 4.65. The number of rotatable bonds is 5. The van der Waals surface area contributed by atoms with Crippen LogP contribution < -0.4 is 15.4 Å². The third kappa shape index (κ3) is 5.27. The van der Waals surface area contributed by atoms with Gasteiger partial charge >= 0.3 is 0 Å². The van der Waals surface area contributed by atoms with E-state index in [0.717, 1.165) is 11.3 Å². The molecule has 0 aliphatic rings. The normalized spacial score (nSPS) is 11.7. The Bertz CT molecular complexity index is 677. The second kappa shape index (κ2) is 8.39. The monoisotopic (exact) mass is 368 g/mol. The highest BCUT2D eigenvalue weighted by Crippen LogP contribution is 2.25. The number of hydrogen-bond donors (Lipinski definition) is 2. The molecular formula is C17H18Cl2N2OS. The van der Waals surface area contributed by atoms with Crippen molar-refractivity contribution in [1.29, 1.82) is 0 Å². The molecule has 6 heteroatoms. The predicted molar refractivity (Wildman–Crippen MR) is 102 cm³/mol. The molecule has 23 heavy (non-hydrogen) atoms. The highest BCUT2D eigenvalue weighted by atomic mass is 35.5. The van der Waals surface area contributed by atoms with Gasteiger partial charge in [0, 0.05) is 5.02 Å². The van der Waals surface area contributed by atoms with E-state index in [1.165, 1.54) is 0 Å². The first-order valence-electron chi connectivity index (χ1n) is 7.25. The Kier molecular flexibility index (Phi) is 6.51. The molecule has 0 aliphatic carbocycles. The molecule has 0 radical (unpaired) electrons. The molecule has 0 aromatic heterocycles. The molecule has 3 nitrogen and oxygen atoms in total. The lowest BCUT2D eigenvalue weighted by Crippen LogP contribution is -2.31. The van der Waals surface area contributed by atoms with Crippen molar-refractivity contribution in [2.75, 3.05) is 11.9 Å². The van der Waals surface area contributed by atoms with E-state index in [-0.39, 0.29) is 6.04 Å². The average Bonchev–Trinajstić information content (AvgIpc) is 2.52. The summed E-state index contributed by atoms with van der Waals surface area (Å²) in [6.07, 6.45) is 0. The Hall–Kier alpha value is -1.49. The Balaban J connectivity index is 1.97. The zero-order valence-electron chi connectivity index (χ0n) is 12.9. The standard InChI is InChI=1S/C17H18Cl2N2OS/c1-3-22-14-7-4-12(5-8-14)11(2)20-17(23)21-16-10-13(18)6-9-15(16)19/h4-11H,3H2,1-2H3,(H2,20,21,23). The maximum atomic E-state index is 6.12. The minimum Gasteiger partial charge on any atom is -0.494 e. The van der Waals surface area contributed by atoms with Crippen molar-refractivity contribution in [1.82, 2.24) is 5.32 Å². The Morgan fingerprint density at radius 1 is 1.17 bits per heavy atom. The van der Waals surface area contributed by atoms with E-state index in [4.69, 9.17) is 40.2 Å². The lowest BCUT2D eigenvalue weighted by Gasteiger charge is -2.18. The zero-order chi connectivity index (χ0) is 16.8. The summed E-state index contributed by atoms with van der Waals surface area (Å²) < 4.78 is 5.44. The molecule has 2 aromatic carbocycles. The smallest absolute Gasteiger partial charge is 0.171 e. The molecular weight excluding hydrogens is 351 g/mol. The van der Waals surface area contributed by atoms with Gasteiger partial charge in [0.25, 0.3) is 0 Å². The van der Waals surface area contributed by atoms with Crippen LogP contribution in [0.2, 0.25) is 10.0 Å². The second-order valence-electron chi connectivity index (χ2n) is 4.95. The Morgan fingerprint density at radius 3 is 2.52 bits per heavy atom. The third-order valence-electron chi connectivity index (χ3n) is 3.22. The van der Waals surface area contributed by atoms with Gasteiger partial charge < -0.3 is 15.4 Å². The van der Waals surface area contributed by atoms with Gasteiger partial charge in [0.2, 0.25) is 0 Å². The summed E-state index contributed by atoms with van der Waals surface area (Å²) in [5, 5.41) is 7.92. The Labute approximate surface area is 151 Å². The van der Waals surface area contributed by atoms with E-state index in [9.17, 15) is 0 Å². The van der Waals surface area contributed by atoms with Gasteiger partial charge in [0.15, 0.2) is 5.11 Å². The predicted octanol–water partition coefficient (Wildman–Crippen LogP) is 5.44. The molecule has 2 aromatic rings. The minimum absolute atomic E-state index is 0.0450. The van der Waals surface area contributed by atoms with Crippen LogP contribution in [0.3, 0.4) is 0 Å². The van der Waals surface area contributed by atoms with Crippen molar-refractivity contribution in [3.05, 3.63) is 58.1 Å². The molecule has 1 atom stereocenters. The fraction of sp³-hybridized carbons (Fsp3) is 0.235. The molecule has 0 saturated carbocycles. The number of ether oxygens (including phenoxy) is 1. The van der Waals surface area contributed by atoms with Crippen molar-refractivity contribution in [2.45, 2.75) is 19.9 Å².